The first-order valence-corrected chi connectivity index (χ1v) is 8.27. The topological polar surface area (TPSA) is 68.2 Å². The zero-order valence-corrected chi connectivity index (χ0v) is 13.9. The van der Waals surface area contributed by atoms with Crippen LogP contribution in [0.5, 0.6) is 23.0 Å². The van der Waals surface area contributed by atoms with Gasteiger partial charge in [0.1, 0.15) is 35.2 Å². The molecule has 3 heterocycles. The van der Waals surface area contributed by atoms with Gasteiger partial charge in [-0.1, -0.05) is 6.08 Å². The minimum absolute atomic E-state index is 0.0547. The van der Waals surface area contributed by atoms with Crippen LogP contribution in [-0.4, -0.2) is 22.4 Å². The first-order valence-electron chi connectivity index (χ1n) is 8.27. The first-order chi connectivity index (χ1) is 11.9. The summed E-state index contributed by atoms with van der Waals surface area (Å²) in [5.41, 5.74) is 0.629. The Bertz CT molecular complexity index is 930. The predicted octanol–water partition coefficient (Wildman–Crippen LogP) is 3.29. The maximum atomic E-state index is 11.3. The van der Waals surface area contributed by atoms with E-state index >= 15 is 0 Å². The lowest BCUT2D eigenvalue weighted by atomic mass is 9.84. The number of aromatic hydroxyl groups is 1. The summed E-state index contributed by atoms with van der Waals surface area (Å²) in [6.45, 7) is 4.03. The summed E-state index contributed by atoms with van der Waals surface area (Å²) in [5, 5.41) is 21.0. The standard InChI is InChI=1S/C20H18O5/c1-19(2)6-5-11-7-17-14(9-15(11)25-19)20(22)10-23-16-8-12(21)3-4-13(16)18(20)24-17/h3-9,18,21-22H,10H2,1-2H3. The van der Waals surface area contributed by atoms with Crippen LogP contribution in [0.2, 0.25) is 0 Å². The van der Waals surface area contributed by atoms with Crippen molar-refractivity contribution < 1.29 is 24.4 Å². The van der Waals surface area contributed by atoms with Gasteiger partial charge in [-0.15, -0.1) is 0 Å². The van der Waals surface area contributed by atoms with E-state index in [4.69, 9.17) is 14.2 Å². The third-order valence-corrected chi connectivity index (χ3v) is 5.02. The molecule has 0 bridgehead atoms. The van der Waals surface area contributed by atoms with Gasteiger partial charge in [-0.25, -0.2) is 0 Å². The van der Waals surface area contributed by atoms with E-state index in [9.17, 15) is 10.2 Å². The van der Waals surface area contributed by atoms with Crippen LogP contribution in [-0.2, 0) is 5.60 Å². The molecule has 2 unspecified atom stereocenters. The van der Waals surface area contributed by atoms with Crippen LogP contribution < -0.4 is 14.2 Å². The number of fused-ring (bicyclic) bond motifs is 6. The Morgan fingerprint density at radius 3 is 2.76 bits per heavy atom. The number of rotatable bonds is 0. The van der Waals surface area contributed by atoms with Gasteiger partial charge in [0.05, 0.1) is 0 Å². The molecule has 2 N–H and O–H groups in total. The highest BCUT2D eigenvalue weighted by molar-refractivity contribution is 5.67. The lowest BCUT2D eigenvalue weighted by Crippen LogP contribution is -2.41. The monoisotopic (exact) mass is 338 g/mol. The van der Waals surface area contributed by atoms with Crippen molar-refractivity contribution in [1.29, 1.82) is 0 Å². The lowest BCUT2D eigenvalue weighted by molar-refractivity contribution is -0.0864. The zero-order chi connectivity index (χ0) is 17.4. The van der Waals surface area contributed by atoms with Gasteiger partial charge in [0.15, 0.2) is 11.7 Å². The molecule has 3 aliphatic rings. The number of aliphatic hydroxyl groups is 1. The highest BCUT2D eigenvalue weighted by Crippen LogP contribution is 2.55. The molecule has 2 atom stereocenters. The van der Waals surface area contributed by atoms with Gasteiger partial charge in [0, 0.05) is 22.8 Å². The van der Waals surface area contributed by atoms with Gasteiger partial charge in [0.25, 0.3) is 0 Å². The SMILES string of the molecule is CC1(C)C=Cc2cc3c(cc2O1)C1(O)COc2cc(O)ccc2C1O3. The molecule has 3 aliphatic heterocycles. The van der Waals surface area contributed by atoms with Gasteiger partial charge < -0.3 is 24.4 Å². The number of benzene rings is 2. The minimum atomic E-state index is -1.29. The summed E-state index contributed by atoms with van der Waals surface area (Å²) >= 11 is 0. The van der Waals surface area contributed by atoms with E-state index in [1.807, 2.05) is 38.1 Å². The van der Waals surface area contributed by atoms with E-state index in [0.29, 0.717) is 17.1 Å². The van der Waals surface area contributed by atoms with Gasteiger partial charge in [-0.05, 0) is 44.2 Å². The van der Waals surface area contributed by atoms with E-state index in [1.54, 1.807) is 18.2 Å². The number of hydrogen-bond donors (Lipinski definition) is 2. The molecule has 25 heavy (non-hydrogen) atoms. The number of hydrogen-bond acceptors (Lipinski definition) is 5. The molecule has 0 aromatic heterocycles. The molecule has 5 heteroatoms. The Hall–Kier alpha value is -2.66. The molecule has 2 aromatic carbocycles. The highest BCUT2D eigenvalue weighted by atomic mass is 16.5. The van der Waals surface area contributed by atoms with Gasteiger partial charge in [0.2, 0.25) is 0 Å². The molecular weight excluding hydrogens is 320 g/mol. The maximum absolute atomic E-state index is 11.3. The van der Waals surface area contributed by atoms with E-state index < -0.39 is 17.3 Å². The largest absolute Gasteiger partial charge is 0.508 e. The van der Waals surface area contributed by atoms with Crippen molar-refractivity contribution in [2.75, 3.05) is 6.61 Å². The molecule has 0 aliphatic carbocycles. The summed E-state index contributed by atoms with van der Waals surface area (Å²) in [5.74, 6) is 2.00. The smallest absolute Gasteiger partial charge is 0.168 e. The molecule has 0 fully saturated rings. The molecular formula is C20H18O5. The highest BCUT2D eigenvalue weighted by Gasteiger charge is 2.53. The third-order valence-electron chi connectivity index (χ3n) is 5.02. The molecule has 0 spiro atoms. The molecule has 0 radical (unpaired) electrons. The van der Waals surface area contributed by atoms with Crippen molar-refractivity contribution in [3.05, 3.63) is 53.1 Å². The summed E-state index contributed by atoms with van der Waals surface area (Å²) in [7, 11) is 0. The quantitative estimate of drug-likeness (QED) is 0.771. The Labute approximate surface area is 145 Å². The van der Waals surface area contributed by atoms with Crippen LogP contribution in [0, 0.1) is 0 Å². The van der Waals surface area contributed by atoms with Crippen molar-refractivity contribution in [2.24, 2.45) is 0 Å². The molecule has 5 nitrogen and oxygen atoms in total. The van der Waals surface area contributed by atoms with Gasteiger partial charge in [-0.3, -0.25) is 0 Å². The van der Waals surface area contributed by atoms with Crippen molar-refractivity contribution >= 4 is 6.08 Å². The van der Waals surface area contributed by atoms with Crippen LogP contribution in [0.3, 0.4) is 0 Å². The normalized spacial score (nSPS) is 27.1. The molecule has 0 saturated heterocycles. The Balaban J connectivity index is 1.64. The van der Waals surface area contributed by atoms with Crippen molar-refractivity contribution in [3.63, 3.8) is 0 Å². The van der Waals surface area contributed by atoms with Gasteiger partial charge >= 0.3 is 0 Å². The van der Waals surface area contributed by atoms with Gasteiger partial charge in [-0.2, -0.15) is 0 Å². The second-order valence-electron chi connectivity index (χ2n) is 7.36. The van der Waals surface area contributed by atoms with Crippen LogP contribution in [0.15, 0.2) is 36.4 Å². The Morgan fingerprint density at radius 1 is 1.08 bits per heavy atom. The molecule has 2 aromatic rings. The molecule has 0 saturated carbocycles. The molecule has 5 rings (SSSR count). The second kappa shape index (κ2) is 4.49. The molecule has 0 amide bonds. The summed E-state index contributed by atoms with van der Waals surface area (Å²) in [6.07, 6.45) is 3.43. The zero-order valence-electron chi connectivity index (χ0n) is 13.9. The number of phenols is 1. The van der Waals surface area contributed by atoms with Crippen LogP contribution in [0.25, 0.3) is 6.08 Å². The fourth-order valence-electron chi connectivity index (χ4n) is 3.73. The van der Waals surface area contributed by atoms with Crippen molar-refractivity contribution in [2.45, 2.75) is 31.2 Å². The number of ether oxygens (including phenoxy) is 3. The first kappa shape index (κ1) is 14.7. The fraction of sp³-hybridized carbons (Fsp3) is 0.300. The van der Waals surface area contributed by atoms with Crippen molar-refractivity contribution in [1.82, 2.24) is 0 Å². The van der Waals surface area contributed by atoms with E-state index in [2.05, 4.69) is 0 Å². The third kappa shape index (κ3) is 1.99. The summed E-state index contributed by atoms with van der Waals surface area (Å²) < 4.78 is 17.8. The van der Waals surface area contributed by atoms with Crippen LogP contribution >= 0.6 is 0 Å². The van der Waals surface area contributed by atoms with E-state index in [0.717, 1.165) is 16.9 Å². The second-order valence-corrected chi connectivity index (χ2v) is 7.36. The number of phenolic OH excluding ortho intramolecular Hbond substituents is 1. The van der Waals surface area contributed by atoms with E-state index in [1.165, 1.54) is 0 Å². The summed E-state index contributed by atoms with van der Waals surface area (Å²) in [6, 6.07) is 8.59. The van der Waals surface area contributed by atoms with Crippen LogP contribution in [0.4, 0.5) is 0 Å². The predicted molar refractivity (Wildman–Crippen MR) is 91.1 cm³/mol. The summed E-state index contributed by atoms with van der Waals surface area (Å²) in [4.78, 5) is 0. The Morgan fingerprint density at radius 2 is 1.92 bits per heavy atom. The Kier molecular flexibility index (Phi) is 2.63. The fourth-order valence-corrected chi connectivity index (χ4v) is 3.73. The average molecular weight is 338 g/mol. The minimum Gasteiger partial charge on any atom is -0.508 e. The average Bonchev–Trinajstić information content (AvgIpc) is 2.84. The maximum Gasteiger partial charge on any atom is 0.168 e. The van der Waals surface area contributed by atoms with Crippen molar-refractivity contribution in [3.8, 4) is 23.0 Å². The van der Waals surface area contributed by atoms with Crippen LogP contribution in [0.1, 0.15) is 36.6 Å². The molecule has 128 valence electrons. The van der Waals surface area contributed by atoms with E-state index in [-0.39, 0.29) is 12.4 Å². The lowest BCUT2D eigenvalue weighted by Gasteiger charge is -2.35.